The number of piperidine rings is 1. The van der Waals surface area contributed by atoms with E-state index in [2.05, 4.69) is 12.2 Å². The van der Waals surface area contributed by atoms with Crippen molar-refractivity contribution in [1.82, 2.24) is 5.32 Å². The third-order valence-electron chi connectivity index (χ3n) is 4.29. The van der Waals surface area contributed by atoms with Crippen LogP contribution in [0, 0.1) is 5.92 Å². The highest BCUT2D eigenvalue weighted by Gasteiger charge is 2.36. The van der Waals surface area contributed by atoms with E-state index in [1.165, 1.54) is 0 Å². The smallest absolute Gasteiger partial charge is 0.239 e. The third kappa shape index (κ3) is 2.44. The molecule has 2 aliphatic heterocycles. The third-order valence-corrected chi connectivity index (χ3v) is 6.49. The Morgan fingerprint density at radius 2 is 2.10 bits per heavy atom. The zero-order chi connectivity index (χ0) is 14.2. The summed E-state index contributed by atoms with van der Waals surface area (Å²) >= 11 is 0. The van der Waals surface area contributed by atoms with Gasteiger partial charge in [-0.2, -0.15) is 0 Å². The molecule has 0 aliphatic carbocycles. The Labute approximate surface area is 121 Å². The summed E-state index contributed by atoms with van der Waals surface area (Å²) in [6, 6.07) is 7.90. The standard InChI is InChI=1S/C15H22N2O2S/c1-12-9-13-5-2-3-7-15(13)17(11-12)20(18,19)14-6-4-8-16-10-14/h2-3,5,7,12,14,16H,4,6,8-11H2,1H3. The first-order valence-corrected chi connectivity index (χ1v) is 8.89. The Morgan fingerprint density at radius 3 is 2.85 bits per heavy atom. The van der Waals surface area contributed by atoms with Gasteiger partial charge >= 0.3 is 0 Å². The van der Waals surface area contributed by atoms with Crippen molar-refractivity contribution in [3.8, 4) is 0 Å². The normalized spacial score (nSPS) is 27.1. The van der Waals surface area contributed by atoms with E-state index in [4.69, 9.17) is 0 Å². The van der Waals surface area contributed by atoms with Crippen molar-refractivity contribution in [2.45, 2.75) is 31.4 Å². The van der Waals surface area contributed by atoms with Crippen LogP contribution in [-0.2, 0) is 16.4 Å². The van der Waals surface area contributed by atoms with E-state index in [1.807, 2.05) is 24.3 Å². The molecule has 1 aromatic rings. The summed E-state index contributed by atoms with van der Waals surface area (Å²) in [5.74, 6) is 0.372. The van der Waals surface area contributed by atoms with Gasteiger partial charge in [0.1, 0.15) is 0 Å². The molecule has 2 atom stereocenters. The van der Waals surface area contributed by atoms with Crippen molar-refractivity contribution in [2.24, 2.45) is 5.92 Å². The van der Waals surface area contributed by atoms with Crippen LogP contribution in [0.3, 0.4) is 0 Å². The van der Waals surface area contributed by atoms with Gasteiger partial charge in [-0.15, -0.1) is 0 Å². The van der Waals surface area contributed by atoms with Crippen molar-refractivity contribution in [2.75, 3.05) is 23.9 Å². The van der Waals surface area contributed by atoms with Crippen LogP contribution in [0.4, 0.5) is 5.69 Å². The number of nitrogens with zero attached hydrogens (tertiary/aromatic N) is 1. The zero-order valence-corrected chi connectivity index (χ0v) is 12.7. The molecule has 0 aromatic heterocycles. The molecule has 2 unspecified atom stereocenters. The summed E-state index contributed by atoms with van der Waals surface area (Å²) in [5.41, 5.74) is 2.04. The van der Waals surface area contributed by atoms with Crippen LogP contribution in [0.15, 0.2) is 24.3 Å². The van der Waals surface area contributed by atoms with Gasteiger partial charge in [-0.3, -0.25) is 4.31 Å². The Hall–Kier alpha value is -1.07. The molecule has 2 aliphatic rings. The lowest BCUT2D eigenvalue weighted by molar-refractivity contribution is 0.486. The fraction of sp³-hybridized carbons (Fsp3) is 0.600. The second-order valence-electron chi connectivity index (χ2n) is 5.98. The second kappa shape index (κ2) is 5.37. The highest BCUT2D eigenvalue weighted by atomic mass is 32.2. The van der Waals surface area contributed by atoms with Gasteiger partial charge in [-0.25, -0.2) is 8.42 Å². The lowest BCUT2D eigenvalue weighted by Gasteiger charge is -2.37. The molecule has 0 bridgehead atoms. The molecule has 5 heteroatoms. The van der Waals surface area contributed by atoms with Gasteiger partial charge in [0, 0.05) is 13.1 Å². The van der Waals surface area contributed by atoms with E-state index in [1.54, 1.807) is 4.31 Å². The van der Waals surface area contributed by atoms with Gasteiger partial charge in [0.05, 0.1) is 10.9 Å². The zero-order valence-electron chi connectivity index (χ0n) is 11.9. The Kier molecular flexibility index (Phi) is 3.73. The molecule has 110 valence electrons. The minimum atomic E-state index is -3.26. The van der Waals surface area contributed by atoms with Crippen LogP contribution < -0.4 is 9.62 Å². The minimum absolute atomic E-state index is 0.283. The molecular formula is C15H22N2O2S. The average Bonchev–Trinajstić information content (AvgIpc) is 2.47. The average molecular weight is 294 g/mol. The van der Waals surface area contributed by atoms with E-state index in [9.17, 15) is 8.42 Å². The van der Waals surface area contributed by atoms with Gasteiger partial charge in [-0.1, -0.05) is 25.1 Å². The lowest BCUT2D eigenvalue weighted by Crippen LogP contribution is -2.49. The maximum atomic E-state index is 12.9. The SMILES string of the molecule is CC1Cc2ccccc2N(S(=O)(=O)C2CCCNC2)C1. The Balaban J connectivity index is 1.96. The first kappa shape index (κ1) is 13.9. The number of hydrogen-bond acceptors (Lipinski definition) is 3. The Bertz CT molecular complexity index is 579. The fourth-order valence-electron chi connectivity index (χ4n) is 3.24. The molecule has 20 heavy (non-hydrogen) atoms. The molecule has 1 saturated heterocycles. The van der Waals surface area contributed by atoms with Crippen LogP contribution in [0.25, 0.3) is 0 Å². The summed E-state index contributed by atoms with van der Waals surface area (Å²) in [6.45, 7) is 4.24. The number of rotatable bonds is 2. The summed E-state index contributed by atoms with van der Waals surface area (Å²) in [5, 5.41) is 2.93. The van der Waals surface area contributed by atoms with Crippen LogP contribution in [0.2, 0.25) is 0 Å². The first-order chi connectivity index (χ1) is 9.59. The number of benzene rings is 1. The van der Waals surface area contributed by atoms with Crippen molar-refractivity contribution in [3.63, 3.8) is 0 Å². The highest BCUT2D eigenvalue weighted by molar-refractivity contribution is 7.93. The molecule has 4 nitrogen and oxygen atoms in total. The second-order valence-corrected chi connectivity index (χ2v) is 8.12. The lowest BCUT2D eigenvalue weighted by atomic mass is 9.96. The number of anilines is 1. The fourth-order valence-corrected chi connectivity index (χ4v) is 5.31. The molecule has 1 N–H and O–H groups in total. The highest BCUT2D eigenvalue weighted by Crippen LogP contribution is 2.33. The number of nitrogens with one attached hydrogen (secondary N) is 1. The van der Waals surface area contributed by atoms with E-state index < -0.39 is 10.0 Å². The number of para-hydroxylation sites is 1. The van der Waals surface area contributed by atoms with Crippen LogP contribution in [-0.4, -0.2) is 33.3 Å². The van der Waals surface area contributed by atoms with Crippen molar-refractivity contribution < 1.29 is 8.42 Å². The molecule has 3 rings (SSSR count). The number of sulfonamides is 1. The van der Waals surface area contributed by atoms with Gasteiger partial charge in [0.15, 0.2) is 0 Å². The Morgan fingerprint density at radius 1 is 1.30 bits per heavy atom. The summed E-state index contributed by atoms with van der Waals surface area (Å²) < 4.78 is 27.5. The molecule has 1 fully saturated rings. The van der Waals surface area contributed by atoms with E-state index >= 15 is 0 Å². The summed E-state index contributed by atoms with van der Waals surface area (Å²) in [4.78, 5) is 0. The van der Waals surface area contributed by atoms with Crippen molar-refractivity contribution in [1.29, 1.82) is 0 Å². The molecule has 1 aromatic carbocycles. The molecule has 0 saturated carbocycles. The van der Waals surface area contributed by atoms with Gasteiger partial charge < -0.3 is 5.32 Å². The van der Waals surface area contributed by atoms with Crippen molar-refractivity contribution >= 4 is 15.7 Å². The largest absolute Gasteiger partial charge is 0.315 e. The van der Waals surface area contributed by atoms with Gasteiger partial charge in [0.2, 0.25) is 10.0 Å². The molecule has 0 spiro atoms. The minimum Gasteiger partial charge on any atom is -0.315 e. The predicted molar refractivity (Wildman–Crippen MR) is 81.5 cm³/mol. The van der Waals surface area contributed by atoms with Crippen LogP contribution in [0.5, 0.6) is 0 Å². The quantitative estimate of drug-likeness (QED) is 0.904. The molecule has 0 amide bonds. The molecule has 2 heterocycles. The van der Waals surface area contributed by atoms with Crippen LogP contribution in [0.1, 0.15) is 25.3 Å². The van der Waals surface area contributed by atoms with Crippen LogP contribution >= 0.6 is 0 Å². The van der Waals surface area contributed by atoms with Gasteiger partial charge in [0.25, 0.3) is 0 Å². The van der Waals surface area contributed by atoms with Gasteiger partial charge in [-0.05, 0) is 43.4 Å². The van der Waals surface area contributed by atoms with E-state index in [0.717, 1.165) is 37.1 Å². The maximum Gasteiger partial charge on any atom is 0.239 e. The maximum absolute atomic E-state index is 12.9. The number of hydrogen-bond donors (Lipinski definition) is 1. The molecule has 0 radical (unpaired) electrons. The summed E-state index contributed by atoms with van der Waals surface area (Å²) in [6.07, 6.45) is 2.67. The monoisotopic (exact) mass is 294 g/mol. The topological polar surface area (TPSA) is 49.4 Å². The van der Waals surface area contributed by atoms with E-state index in [0.29, 0.717) is 19.0 Å². The first-order valence-electron chi connectivity index (χ1n) is 7.39. The predicted octanol–water partition coefficient (Wildman–Crippen LogP) is 1.77. The van der Waals surface area contributed by atoms with Crippen molar-refractivity contribution in [3.05, 3.63) is 29.8 Å². The summed E-state index contributed by atoms with van der Waals surface area (Å²) in [7, 11) is -3.26. The number of fused-ring (bicyclic) bond motifs is 1. The molecular weight excluding hydrogens is 272 g/mol. The van der Waals surface area contributed by atoms with E-state index in [-0.39, 0.29) is 5.25 Å².